The molecule has 3 rings (SSSR count). The summed E-state index contributed by atoms with van der Waals surface area (Å²) in [4.78, 5) is 12.6. The van der Waals surface area contributed by atoms with Crippen LogP contribution in [0.5, 0.6) is 5.75 Å². The average molecular weight is 426 g/mol. The normalized spacial score (nSPS) is 15.9. The summed E-state index contributed by atoms with van der Waals surface area (Å²) in [5, 5.41) is 9.64. The summed E-state index contributed by atoms with van der Waals surface area (Å²) in [6.45, 7) is 3.25. The zero-order chi connectivity index (χ0) is 22.5. The quantitative estimate of drug-likeness (QED) is 0.696. The zero-order valence-electron chi connectivity index (χ0n) is 16.9. The van der Waals surface area contributed by atoms with Gasteiger partial charge in [-0.1, -0.05) is 12.1 Å². The Bertz CT molecular complexity index is 1120. The fourth-order valence-corrected chi connectivity index (χ4v) is 3.27. The second kappa shape index (κ2) is 9.30. The number of ether oxygens (including phenoxy) is 3. The number of rotatable bonds is 6. The maximum absolute atomic E-state index is 13.9. The summed E-state index contributed by atoms with van der Waals surface area (Å²) in [6, 6.07) is 11.9. The van der Waals surface area contributed by atoms with Crippen LogP contribution in [-0.2, 0) is 20.9 Å². The van der Waals surface area contributed by atoms with E-state index < -0.39 is 23.5 Å². The van der Waals surface area contributed by atoms with Gasteiger partial charge in [-0.05, 0) is 43.7 Å². The van der Waals surface area contributed by atoms with Gasteiger partial charge in [-0.25, -0.2) is 13.6 Å². The van der Waals surface area contributed by atoms with Crippen molar-refractivity contribution in [3.8, 4) is 11.8 Å². The fourth-order valence-electron chi connectivity index (χ4n) is 3.27. The maximum Gasteiger partial charge on any atom is 0.338 e. The predicted molar refractivity (Wildman–Crippen MR) is 107 cm³/mol. The van der Waals surface area contributed by atoms with Gasteiger partial charge in [-0.15, -0.1) is 0 Å². The Morgan fingerprint density at radius 1 is 1.26 bits per heavy atom. The molecule has 0 saturated carbocycles. The van der Waals surface area contributed by atoms with Gasteiger partial charge in [0.05, 0.1) is 18.1 Å². The molecule has 0 saturated heterocycles. The molecule has 1 aliphatic heterocycles. The van der Waals surface area contributed by atoms with E-state index >= 15 is 0 Å². The number of hydrogen-bond acceptors (Lipinski definition) is 6. The molecule has 31 heavy (non-hydrogen) atoms. The zero-order valence-corrected chi connectivity index (χ0v) is 16.9. The van der Waals surface area contributed by atoms with Crippen molar-refractivity contribution in [1.82, 2.24) is 0 Å². The van der Waals surface area contributed by atoms with E-state index in [1.165, 1.54) is 6.07 Å². The van der Waals surface area contributed by atoms with E-state index in [-0.39, 0.29) is 41.6 Å². The van der Waals surface area contributed by atoms with E-state index in [4.69, 9.17) is 19.9 Å². The van der Waals surface area contributed by atoms with Crippen molar-refractivity contribution in [2.45, 2.75) is 26.4 Å². The summed E-state index contributed by atoms with van der Waals surface area (Å²) in [5.41, 5.74) is 6.84. The van der Waals surface area contributed by atoms with Gasteiger partial charge >= 0.3 is 5.97 Å². The Hall–Kier alpha value is -3.86. The Labute approximate surface area is 178 Å². The Balaban J connectivity index is 1.94. The highest BCUT2D eigenvalue weighted by Crippen LogP contribution is 2.40. The number of allylic oxidation sites excluding steroid dienone is 2. The third kappa shape index (κ3) is 4.67. The average Bonchev–Trinajstić information content (AvgIpc) is 2.73. The first-order valence-electron chi connectivity index (χ1n) is 9.47. The van der Waals surface area contributed by atoms with Crippen molar-refractivity contribution in [2.75, 3.05) is 6.61 Å². The molecule has 1 atom stereocenters. The first-order chi connectivity index (χ1) is 14.8. The van der Waals surface area contributed by atoms with Crippen LogP contribution in [0, 0.1) is 23.0 Å². The lowest BCUT2D eigenvalue weighted by molar-refractivity contribution is -0.139. The van der Waals surface area contributed by atoms with E-state index in [0.717, 1.165) is 12.1 Å². The number of nitrogens with two attached hydrogens (primary N) is 1. The standard InChI is InChI=1S/C23H20F2N2O4/c1-3-29-23(28)20-13(2)31-22(27)18(11-26)21(20)14-5-4-6-17(9-14)30-12-15-7-8-16(24)10-19(15)25/h4-10,21H,3,12,27H2,1-2H3. The van der Waals surface area contributed by atoms with E-state index in [1.807, 2.05) is 6.07 Å². The minimum absolute atomic E-state index is 0.0652. The molecule has 2 aromatic carbocycles. The lowest BCUT2D eigenvalue weighted by atomic mass is 9.83. The van der Waals surface area contributed by atoms with Crippen molar-refractivity contribution in [3.63, 3.8) is 0 Å². The van der Waals surface area contributed by atoms with Gasteiger partial charge in [0.1, 0.15) is 41.4 Å². The molecule has 6 nitrogen and oxygen atoms in total. The Morgan fingerprint density at radius 3 is 2.71 bits per heavy atom. The maximum atomic E-state index is 13.9. The van der Waals surface area contributed by atoms with Gasteiger partial charge in [0.25, 0.3) is 0 Å². The molecule has 0 bridgehead atoms. The molecule has 0 aliphatic carbocycles. The minimum atomic E-state index is -0.816. The number of halogens is 2. The van der Waals surface area contributed by atoms with Crippen LogP contribution in [0.4, 0.5) is 8.78 Å². The predicted octanol–water partition coefficient (Wildman–Crippen LogP) is 4.19. The smallest absolute Gasteiger partial charge is 0.338 e. The van der Waals surface area contributed by atoms with E-state index in [9.17, 15) is 18.8 Å². The Morgan fingerprint density at radius 2 is 2.03 bits per heavy atom. The molecule has 160 valence electrons. The number of nitriles is 1. The number of carbonyl (C=O) groups is 1. The SMILES string of the molecule is CCOC(=O)C1=C(C)OC(N)=C(C#N)C1c1cccc(OCc2ccc(F)cc2F)c1. The van der Waals surface area contributed by atoms with Crippen molar-refractivity contribution in [1.29, 1.82) is 5.26 Å². The summed E-state index contributed by atoms with van der Waals surface area (Å²) in [5.74, 6) is -2.33. The van der Waals surface area contributed by atoms with E-state index in [2.05, 4.69) is 0 Å². The molecule has 2 aromatic rings. The van der Waals surface area contributed by atoms with Crippen molar-refractivity contribution in [2.24, 2.45) is 5.73 Å². The lowest BCUT2D eigenvalue weighted by Crippen LogP contribution is -2.25. The molecule has 1 unspecified atom stereocenters. The highest BCUT2D eigenvalue weighted by molar-refractivity contribution is 5.92. The summed E-state index contributed by atoms with van der Waals surface area (Å²) in [7, 11) is 0. The number of nitrogens with zero attached hydrogens (tertiary/aromatic N) is 1. The van der Waals surface area contributed by atoms with E-state index in [1.54, 1.807) is 38.1 Å². The lowest BCUT2D eigenvalue weighted by Gasteiger charge is -2.27. The third-order valence-electron chi connectivity index (χ3n) is 4.70. The fraction of sp³-hybridized carbons (Fsp3) is 0.217. The van der Waals surface area contributed by atoms with Crippen molar-refractivity contribution < 1.29 is 27.8 Å². The molecule has 0 spiro atoms. The van der Waals surface area contributed by atoms with Crippen LogP contribution in [0.1, 0.15) is 30.9 Å². The van der Waals surface area contributed by atoms with Gasteiger partial charge in [0.15, 0.2) is 0 Å². The second-order valence-corrected chi connectivity index (χ2v) is 6.71. The number of carbonyl (C=O) groups excluding carboxylic acids is 1. The number of esters is 1. The van der Waals surface area contributed by atoms with Crippen LogP contribution in [0.2, 0.25) is 0 Å². The second-order valence-electron chi connectivity index (χ2n) is 6.71. The monoisotopic (exact) mass is 426 g/mol. The van der Waals surface area contributed by atoms with Crippen LogP contribution in [0.25, 0.3) is 0 Å². The molecule has 0 aromatic heterocycles. The number of benzene rings is 2. The van der Waals surface area contributed by atoms with Gasteiger partial charge in [-0.3, -0.25) is 0 Å². The van der Waals surface area contributed by atoms with Crippen LogP contribution < -0.4 is 10.5 Å². The molecule has 0 radical (unpaired) electrons. The minimum Gasteiger partial charge on any atom is -0.489 e. The summed E-state index contributed by atoms with van der Waals surface area (Å²) < 4.78 is 43.1. The molecule has 2 N–H and O–H groups in total. The highest BCUT2D eigenvalue weighted by Gasteiger charge is 2.36. The van der Waals surface area contributed by atoms with Gasteiger partial charge in [0.2, 0.25) is 5.88 Å². The topological polar surface area (TPSA) is 94.6 Å². The first kappa shape index (κ1) is 21.8. The van der Waals surface area contributed by atoms with Crippen LogP contribution in [-0.4, -0.2) is 12.6 Å². The van der Waals surface area contributed by atoms with Gasteiger partial charge < -0.3 is 19.9 Å². The Kier molecular flexibility index (Phi) is 6.55. The van der Waals surface area contributed by atoms with Crippen LogP contribution >= 0.6 is 0 Å². The van der Waals surface area contributed by atoms with Gasteiger partial charge in [0, 0.05) is 11.6 Å². The highest BCUT2D eigenvalue weighted by atomic mass is 19.1. The molecule has 0 amide bonds. The summed E-state index contributed by atoms with van der Waals surface area (Å²) >= 11 is 0. The van der Waals surface area contributed by atoms with Crippen LogP contribution in [0.3, 0.4) is 0 Å². The van der Waals surface area contributed by atoms with Crippen molar-refractivity contribution >= 4 is 5.97 Å². The van der Waals surface area contributed by atoms with Crippen molar-refractivity contribution in [3.05, 3.63) is 88.0 Å². The molecular weight excluding hydrogens is 406 g/mol. The van der Waals surface area contributed by atoms with Crippen LogP contribution in [0.15, 0.2) is 65.3 Å². The first-order valence-corrected chi connectivity index (χ1v) is 9.47. The summed E-state index contributed by atoms with van der Waals surface area (Å²) in [6.07, 6.45) is 0. The number of hydrogen-bond donors (Lipinski definition) is 1. The van der Waals surface area contributed by atoms with E-state index in [0.29, 0.717) is 11.3 Å². The molecule has 0 fully saturated rings. The third-order valence-corrected chi connectivity index (χ3v) is 4.70. The molecule has 8 heteroatoms. The molecule has 1 heterocycles. The molecular formula is C23H20F2N2O4. The molecule has 1 aliphatic rings. The van der Waals surface area contributed by atoms with Gasteiger partial charge in [-0.2, -0.15) is 5.26 Å². The largest absolute Gasteiger partial charge is 0.489 e.